The van der Waals surface area contributed by atoms with Crippen molar-refractivity contribution in [1.82, 2.24) is 24.9 Å². The van der Waals surface area contributed by atoms with Crippen molar-refractivity contribution < 1.29 is 4.42 Å². The van der Waals surface area contributed by atoms with Gasteiger partial charge in [0.25, 0.3) is 0 Å². The lowest BCUT2D eigenvalue weighted by Gasteiger charge is -2.11. The van der Waals surface area contributed by atoms with Crippen molar-refractivity contribution in [2.24, 2.45) is 0 Å². The van der Waals surface area contributed by atoms with Crippen LogP contribution in [0, 0.1) is 0 Å². The average molecular weight is 706 g/mol. The first-order chi connectivity index (χ1) is 27.2. The molecule has 7 aromatic carbocycles. The molecule has 3 heterocycles. The fourth-order valence-electron chi connectivity index (χ4n) is 7.07. The summed E-state index contributed by atoms with van der Waals surface area (Å²) >= 11 is 0. The van der Waals surface area contributed by atoms with Crippen LogP contribution in [0.25, 0.3) is 101 Å². The number of hydrogen-bond donors (Lipinski definition) is 0. The number of benzene rings is 7. The van der Waals surface area contributed by atoms with E-state index >= 15 is 0 Å². The van der Waals surface area contributed by atoms with E-state index < -0.39 is 0 Å². The predicted molar refractivity (Wildman–Crippen MR) is 221 cm³/mol. The van der Waals surface area contributed by atoms with Crippen LogP contribution in [0.1, 0.15) is 0 Å². The molecule has 0 fully saturated rings. The fraction of sp³-hybridized carbons (Fsp3) is 0. The minimum Gasteiger partial charge on any atom is -0.455 e. The van der Waals surface area contributed by atoms with E-state index in [0.29, 0.717) is 23.3 Å². The highest BCUT2D eigenvalue weighted by molar-refractivity contribution is 6.12. The second-order valence-corrected chi connectivity index (χ2v) is 13.3. The van der Waals surface area contributed by atoms with Crippen LogP contribution in [0.5, 0.6) is 0 Å². The van der Waals surface area contributed by atoms with Gasteiger partial charge in [0, 0.05) is 44.2 Å². The van der Waals surface area contributed by atoms with Gasteiger partial charge in [0.2, 0.25) is 0 Å². The van der Waals surface area contributed by atoms with Crippen LogP contribution in [0.2, 0.25) is 0 Å². The number of rotatable bonds is 7. The molecule has 10 aromatic rings. The van der Waals surface area contributed by atoms with Gasteiger partial charge in [0.15, 0.2) is 23.3 Å². The number of fused-ring (bicyclic) bond motifs is 3. The third-order valence-corrected chi connectivity index (χ3v) is 9.76. The monoisotopic (exact) mass is 705 g/mol. The zero-order valence-electron chi connectivity index (χ0n) is 29.5. The molecule has 0 atom stereocenters. The summed E-state index contributed by atoms with van der Waals surface area (Å²) in [7, 11) is 0. The topological polar surface area (TPSA) is 77.6 Å². The van der Waals surface area contributed by atoms with Crippen molar-refractivity contribution in [2.75, 3.05) is 0 Å². The summed E-state index contributed by atoms with van der Waals surface area (Å²) in [5.41, 5.74) is 10.8. The molecular weight excluding hydrogens is 675 g/mol. The second kappa shape index (κ2) is 13.8. The Kier molecular flexibility index (Phi) is 8.04. The van der Waals surface area contributed by atoms with Crippen molar-refractivity contribution >= 4 is 21.9 Å². The number of nitrogens with zero attached hydrogens (tertiary/aromatic N) is 5. The van der Waals surface area contributed by atoms with Crippen LogP contribution < -0.4 is 0 Å². The van der Waals surface area contributed by atoms with Gasteiger partial charge in [0.1, 0.15) is 11.2 Å². The van der Waals surface area contributed by atoms with Gasteiger partial charge in [0.05, 0.1) is 17.0 Å². The molecule has 0 aliphatic carbocycles. The highest BCUT2D eigenvalue weighted by Crippen LogP contribution is 2.40. The van der Waals surface area contributed by atoms with Crippen molar-refractivity contribution in [2.45, 2.75) is 0 Å². The van der Waals surface area contributed by atoms with E-state index in [1.807, 2.05) is 121 Å². The van der Waals surface area contributed by atoms with Gasteiger partial charge in [-0.25, -0.2) is 24.9 Å². The molecule has 0 saturated heterocycles. The Morgan fingerprint density at radius 1 is 0.273 bits per heavy atom. The fourth-order valence-corrected chi connectivity index (χ4v) is 7.07. The highest BCUT2D eigenvalue weighted by atomic mass is 16.3. The van der Waals surface area contributed by atoms with E-state index in [9.17, 15) is 0 Å². The summed E-state index contributed by atoms with van der Waals surface area (Å²) in [6, 6.07) is 63.4. The first-order valence-corrected chi connectivity index (χ1v) is 18.2. The molecule has 0 unspecified atom stereocenters. The number of furan rings is 1. The maximum Gasteiger partial charge on any atom is 0.167 e. The number of aromatic nitrogens is 5. The highest BCUT2D eigenvalue weighted by Gasteiger charge is 2.20. The molecular formula is C49H31N5O. The Balaban J connectivity index is 1.11. The molecule has 0 bridgehead atoms. The van der Waals surface area contributed by atoms with Crippen molar-refractivity contribution in [3.63, 3.8) is 0 Å². The Morgan fingerprint density at radius 3 is 1.24 bits per heavy atom. The lowest BCUT2D eigenvalue weighted by atomic mass is 9.98. The second-order valence-electron chi connectivity index (χ2n) is 13.3. The zero-order chi connectivity index (χ0) is 36.6. The Labute approximate surface area is 317 Å². The van der Waals surface area contributed by atoms with Crippen LogP contribution in [0.15, 0.2) is 192 Å². The van der Waals surface area contributed by atoms with Crippen LogP contribution in [-0.4, -0.2) is 24.9 Å². The first-order valence-electron chi connectivity index (χ1n) is 18.2. The molecule has 258 valence electrons. The molecule has 6 heteroatoms. The quantitative estimate of drug-likeness (QED) is 0.164. The lowest BCUT2D eigenvalue weighted by molar-refractivity contribution is 0.670. The van der Waals surface area contributed by atoms with Gasteiger partial charge in [-0.05, 0) is 23.8 Å². The van der Waals surface area contributed by atoms with E-state index in [4.69, 9.17) is 29.3 Å². The van der Waals surface area contributed by atoms with Gasteiger partial charge in [-0.15, -0.1) is 0 Å². The molecule has 0 N–H and O–H groups in total. The van der Waals surface area contributed by atoms with Crippen molar-refractivity contribution in [3.8, 4) is 79.2 Å². The van der Waals surface area contributed by atoms with E-state index in [1.54, 1.807) is 0 Å². The maximum absolute atomic E-state index is 6.89. The molecule has 0 radical (unpaired) electrons. The third-order valence-electron chi connectivity index (χ3n) is 9.76. The molecule has 10 rings (SSSR count). The maximum atomic E-state index is 6.89. The molecule has 0 saturated carbocycles. The molecule has 0 aliphatic rings. The summed E-state index contributed by atoms with van der Waals surface area (Å²) in [5.74, 6) is 2.43. The SMILES string of the molecule is c1ccc(-c2cc(-c3cccc(-c4cccc5c4oc4c(-c6nc(-c7ccccc7)nc(-c7ccccc7)n6)cccc45)c3)nc(-c3ccccc3)n2)cc1. The molecule has 0 spiro atoms. The summed E-state index contributed by atoms with van der Waals surface area (Å²) in [6.07, 6.45) is 0. The lowest BCUT2D eigenvalue weighted by Crippen LogP contribution is -2.00. The Hall–Kier alpha value is -7.57. The largest absolute Gasteiger partial charge is 0.455 e. The molecule has 0 amide bonds. The summed E-state index contributed by atoms with van der Waals surface area (Å²) in [5, 5.41) is 2.00. The summed E-state index contributed by atoms with van der Waals surface area (Å²) in [4.78, 5) is 25.0. The number of para-hydroxylation sites is 2. The molecule has 3 aromatic heterocycles. The summed E-state index contributed by atoms with van der Waals surface area (Å²) in [6.45, 7) is 0. The first kappa shape index (κ1) is 32.1. The standard InChI is InChI=1S/C49H31N5O/c1-5-16-32(17-6-1)42-31-43(51-46(50-42)33-18-7-2-8-19-33)37-25-13-24-36(30-37)38-26-14-27-39-40-28-15-29-41(45(40)55-44(38)39)49-53-47(34-20-9-3-10-21-34)52-48(54-49)35-22-11-4-12-23-35/h1-31H. The van der Waals surface area contributed by atoms with Gasteiger partial charge in [-0.1, -0.05) is 170 Å². The Morgan fingerprint density at radius 2 is 0.673 bits per heavy atom. The molecule has 0 aliphatic heterocycles. The van der Waals surface area contributed by atoms with Crippen LogP contribution >= 0.6 is 0 Å². The van der Waals surface area contributed by atoms with Crippen LogP contribution in [-0.2, 0) is 0 Å². The zero-order valence-corrected chi connectivity index (χ0v) is 29.5. The third kappa shape index (κ3) is 6.11. The average Bonchev–Trinajstić information content (AvgIpc) is 3.67. The van der Waals surface area contributed by atoms with Gasteiger partial charge in [-0.2, -0.15) is 0 Å². The van der Waals surface area contributed by atoms with E-state index in [2.05, 4.69) is 66.7 Å². The van der Waals surface area contributed by atoms with Gasteiger partial charge < -0.3 is 4.42 Å². The van der Waals surface area contributed by atoms with Crippen molar-refractivity contribution in [1.29, 1.82) is 0 Å². The van der Waals surface area contributed by atoms with Crippen molar-refractivity contribution in [3.05, 3.63) is 188 Å². The molecule has 55 heavy (non-hydrogen) atoms. The minimum absolute atomic E-state index is 0.549. The molecule has 6 nitrogen and oxygen atoms in total. The van der Waals surface area contributed by atoms with Crippen LogP contribution in [0.4, 0.5) is 0 Å². The van der Waals surface area contributed by atoms with Gasteiger partial charge in [-0.3, -0.25) is 0 Å². The Bertz CT molecular complexity index is 2850. The minimum atomic E-state index is 0.549. The van der Waals surface area contributed by atoms with Gasteiger partial charge >= 0.3 is 0 Å². The van der Waals surface area contributed by atoms with Crippen LogP contribution in [0.3, 0.4) is 0 Å². The predicted octanol–water partition coefficient (Wildman–Crippen LogP) is 12.2. The number of hydrogen-bond acceptors (Lipinski definition) is 6. The normalized spacial score (nSPS) is 11.3. The smallest absolute Gasteiger partial charge is 0.167 e. The van der Waals surface area contributed by atoms with E-state index in [1.165, 1.54) is 0 Å². The van der Waals surface area contributed by atoms with E-state index in [0.717, 1.165) is 77.8 Å². The van der Waals surface area contributed by atoms with E-state index in [-0.39, 0.29) is 0 Å². The summed E-state index contributed by atoms with van der Waals surface area (Å²) < 4.78 is 6.89.